The van der Waals surface area contributed by atoms with E-state index in [0.29, 0.717) is 15.0 Å². The topological polar surface area (TPSA) is 89.3 Å². The molecule has 0 saturated heterocycles. The molecule has 1 unspecified atom stereocenters. The lowest BCUT2D eigenvalue weighted by Gasteiger charge is -2.14. The molecule has 0 fully saturated rings. The molecular formula is C17H15FN2O3S2. The number of primary sulfonamides is 1. The molecule has 8 heteroatoms. The fourth-order valence-electron chi connectivity index (χ4n) is 2.43. The minimum atomic E-state index is -3.75. The summed E-state index contributed by atoms with van der Waals surface area (Å²) < 4.78 is 37.0. The van der Waals surface area contributed by atoms with Crippen LogP contribution in [-0.4, -0.2) is 14.3 Å². The number of thiophene rings is 1. The van der Waals surface area contributed by atoms with E-state index in [1.165, 1.54) is 35.6 Å². The van der Waals surface area contributed by atoms with Gasteiger partial charge in [0.1, 0.15) is 5.82 Å². The minimum absolute atomic E-state index is 0.00904. The molecule has 130 valence electrons. The number of nitrogens with two attached hydrogens (primary N) is 1. The summed E-state index contributed by atoms with van der Waals surface area (Å²) in [5.41, 5.74) is 0.730. The fourth-order valence-corrected chi connectivity index (χ4v) is 3.93. The highest BCUT2D eigenvalue weighted by Gasteiger charge is 2.16. The lowest BCUT2D eigenvalue weighted by Crippen LogP contribution is -2.25. The number of amides is 1. The van der Waals surface area contributed by atoms with E-state index in [1.54, 1.807) is 31.2 Å². The van der Waals surface area contributed by atoms with Crippen molar-refractivity contribution in [2.24, 2.45) is 5.14 Å². The summed E-state index contributed by atoms with van der Waals surface area (Å²) >= 11 is 1.21. The molecule has 0 aliphatic heterocycles. The van der Waals surface area contributed by atoms with Gasteiger partial charge in [-0.1, -0.05) is 18.2 Å². The zero-order chi connectivity index (χ0) is 18.2. The highest BCUT2D eigenvalue weighted by molar-refractivity contribution is 7.89. The summed E-state index contributed by atoms with van der Waals surface area (Å²) in [5.74, 6) is -0.678. The summed E-state index contributed by atoms with van der Waals surface area (Å²) in [7, 11) is -3.75. The van der Waals surface area contributed by atoms with Crippen molar-refractivity contribution < 1.29 is 17.6 Å². The van der Waals surface area contributed by atoms with E-state index in [2.05, 4.69) is 5.32 Å². The maximum Gasteiger partial charge on any atom is 0.261 e. The van der Waals surface area contributed by atoms with E-state index in [-0.39, 0.29) is 22.7 Å². The average Bonchev–Trinajstić information content (AvgIpc) is 3.00. The van der Waals surface area contributed by atoms with Gasteiger partial charge in [0.25, 0.3) is 5.91 Å². The van der Waals surface area contributed by atoms with Crippen LogP contribution in [0.3, 0.4) is 0 Å². The van der Waals surface area contributed by atoms with Crippen LogP contribution in [0.15, 0.2) is 53.4 Å². The lowest BCUT2D eigenvalue weighted by atomic mass is 10.1. The van der Waals surface area contributed by atoms with Crippen molar-refractivity contribution in [3.63, 3.8) is 0 Å². The first-order valence-electron chi connectivity index (χ1n) is 7.37. The highest BCUT2D eigenvalue weighted by atomic mass is 32.2. The van der Waals surface area contributed by atoms with Crippen LogP contribution in [0.5, 0.6) is 0 Å². The third-order valence-corrected chi connectivity index (χ3v) is 5.82. The molecule has 0 spiro atoms. The molecule has 1 amide bonds. The molecule has 0 radical (unpaired) electrons. The minimum Gasteiger partial charge on any atom is -0.345 e. The van der Waals surface area contributed by atoms with Gasteiger partial charge in [0.15, 0.2) is 0 Å². The summed E-state index contributed by atoms with van der Waals surface area (Å²) in [6, 6.07) is 11.9. The SMILES string of the molecule is CC(NC(=O)c1cc2c(F)cccc2s1)c1ccc(S(N)(=O)=O)cc1. The van der Waals surface area contributed by atoms with E-state index in [1.807, 2.05) is 0 Å². The molecule has 0 saturated carbocycles. The van der Waals surface area contributed by atoms with Crippen molar-refractivity contribution in [2.75, 3.05) is 0 Å². The Morgan fingerprint density at radius 2 is 1.88 bits per heavy atom. The third kappa shape index (κ3) is 3.71. The number of carbonyl (C=O) groups excluding carboxylic acids is 1. The van der Waals surface area contributed by atoms with Gasteiger partial charge < -0.3 is 5.32 Å². The van der Waals surface area contributed by atoms with Gasteiger partial charge >= 0.3 is 0 Å². The number of sulfonamides is 1. The van der Waals surface area contributed by atoms with E-state index in [0.717, 1.165) is 5.56 Å². The number of hydrogen-bond acceptors (Lipinski definition) is 4. The molecular weight excluding hydrogens is 363 g/mol. The summed E-state index contributed by atoms with van der Waals surface area (Å²) in [4.78, 5) is 12.8. The molecule has 0 aliphatic rings. The molecule has 3 rings (SSSR count). The molecule has 1 heterocycles. The molecule has 1 atom stereocenters. The predicted octanol–water partition coefficient (Wildman–Crippen LogP) is 3.18. The van der Waals surface area contributed by atoms with E-state index >= 15 is 0 Å². The van der Waals surface area contributed by atoms with Gasteiger partial charge in [-0.25, -0.2) is 17.9 Å². The Morgan fingerprint density at radius 3 is 2.48 bits per heavy atom. The van der Waals surface area contributed by atoms with Gasteiger partial charge in [-0.3, -0.25) is 4.79 Å². The Balaban J connectivity index is 1.78. The van der Waals surface area contributed by atoms with Crippen LogP contribution >= 0.6 is 11.3 Å². The van der Waals surface area contributed by atoms with Crippen LogP contribution in [0.25, 0.3) is 10.1 Å². The number of benzene rings is 2. The smallest absolute Gasteiger partial charge is 0.261 e. The molecule has 3 N–H and O–H groups in total. The first-order valence-corrected chi connectivity index (χ1v) is 9.73. The first kappa shape index (κ1) is 17.5. The molecule has 0 aliphatic carbocycles. The van der Waals surface area contributed by atoms with Gasteiger partial charge in [-0.15, -0.1) is 11.3 Å². The number of halogens is 1. The van der Waals surface area contributed by atoms with Crippen LogP contribution < -0.4 is 10.5 Å². The molecule has 2 aromatic carbocycles. The van der Waals surface area contributed by atoms with Crippen molar-refractivity contribution in [1.29, 1.82) is 0 Å². The van der Waals surface area contributed by atoms with Crippen LogP contribution in [-0.2, 0) is 10.0 Å². The van der Waals surface area contributed by atoms with Crippen LogP contribution in [0.4, 0.5) is 4.39 Å². The number of nitrogens with one attached hydrogen (secondary N) is 1. The zero-order valence-corrected chi connectivity index (χ0v) is 14.8. The van der Waals surface area contributed by atoms with Crippen LogP contribution in [0, 0.1) is 5.82 Å². The monoisotopic (exact) mass is 378 g/mol. The van der Waals surface area contributed by atoms with Crippen LogP contribution in [0.1, 0.15) is 28.2 Å². The Kier molecular flexibility index (Phi) is 4.59. The normalized spacial score (nSPS) is 12.9. The molecule has 5 nitrogen and oxygen atoms in total. The van der Waals surface area contributed by atoms with Crippen molar-refractivity contribution in [2.45, 2.75) is 17.9 Å². The molecule has 25 heavy (non-hydrogen) atoms. The quantitative estimate of drug-likeness (QED) is 0.731. The summed E-state index contributed by atoms with van der Waals surface area (Å²) in [6.45, 7) is 1.78. The molecule has 0 bridgehead atoms. The fraction of sp³-hybridized carbons (Fsp3) is 0.118. The van der Waals surface area contributed by atoms with Gasteiger partial charge in [0.05, 0.1) is 15.8 Å². The standard InChI is InChI=1S/C17H15FN2O3S2/c1-10(11-5-7-12(8-6-11)25(19,22)23)20-17(21)16-9-13-14(18)3-2-4-15(13)24-16/h2-10H,1H3,(H,20,21)(H2,19,22,23). The van der Waals surface area contributed by atoms with Crippen molar-refractivity contribution in [1.82, 2.24) is 5.32 Å². The maximum atomic E-state index is 13.7. The van der Waals surface area contributed by atoms with Gasteiger partial charge in [-0.2, -0.15) is 0 Å². The second kappa shape index (κ2) is 6.55. The van der Waals surface area contributed by atoms with Gasteiger partial charge in [-0.05, 0) is 42.8 Å². The maximum absolute atomic E-state index is 13.7. The zero-order valence-electron chi connectivity index (χ0n) is 13.2. The Labute approximate surface area is 148 Å². The molecule has 1 aromatic heterocycles. The Morgan fingerprint density at radius 1 is 1.20 bits per heavy atom. The van der Waals surface area contributed by atoms with Crippen molar-refractivity contribution in [3.8, 4) is 0 Å². The lowest BCUT2D eigenvalue weighted by molar-refractivity contribution is 0.0944. The number of carbonyl (C=O) groups is 1. The van der Waals surface area contributed by atoms with Crippen LogP contribution in [0.2, 0.25) is 0 Å². The van der Waals surface area contributed by atoms with Gasteiger partial charge in [0.2, 0.25) is 10.0 Å². The average molecular weight is 378 g/mol. The number of hydrogen-bond donors (Lipinski definition) is 2. The van der Waals surface area contributed by atoms with E-state index < -0.39 is 10.0 Å². The summed E-state index contributed by atoms with van der Waals surface area (Å²) in [5, 5.41) is 8.30. The summed E-state index contributed by atoms with van der Waals surface area (Å²) in [6.07, 6.45) is 0. The predicted molar refractivity (Wildman–Crippen MR) is 95.5 cm³/mol. The van der Waals surface area contributed by atoms with Crippen molar-refractivity contribution >= 4 is 37.4 Å². The van der Waals surface area contributed by atoms with E-state index in [9.17, 15) is 17.6 Å². The molecule has 3 aromatic rings. The number of fused-ring (bicyclic) bond motifs is 1. The van der Waals surface area contributed by atoms with Gasteiger partial charge in [0, 0.05) is 10.1 Å². The van der Waals surface area contributed by atoms with E-state index in [4.69, 9.17) is 5.14 Å². The highest BCUT2D eigenvalue weighted by Crippen LogP contribution is 2.28. The Hall–Kier alpha value is -2.29. The first-order chi connectivity index (χ1) is 11.8. The largest absolute Gasteiger partial charge is 0.345 e. The van der Waals surface area contributed by atoms with Crippen molar-refractivity contribution in [3.05, 3.63) is 64.8 Å². The third-order valence-electron chi connectivity index (χ3n) is 3.79. The number of rotatable bonds is 4. The second-order valence-corrected chi connectivity index (χ2v) is 8.22. The second-order valence-electron chi connectivity index (χ2n) is 5.57. The Bertz CT molecular complexity index is 1040.